The molecule has 0 aromatic carbocycles. The summed E-state index contributed by atoms with van der Waals surface area (Å²) in [6.45, 7) is 2.26. The van der Waals surface area contributed by atoms with Crippen LogP contribution in [0.15, 0.2) is 4.99 Å². The summed E-state index contributed by atoms with van der Waals surface area (Å²) in [7, 11) is 0. The van der Waals surface area contributed by atoms with Gasteiger partial charge >= 0.3 is 0 Å². The van der Waals surface area contributed by atoms with E-state index in [9.17, 15) is 0 Å². The maximum absolute atomic E-state index is 4.74. The lowest BCUT2D eigenvalue weighted by atomic mass is 9.83. The van der Waals surface area contributed by atoms with Crippen molar-refractivity contribution in [3.05, 3.63) is 0 Å². The number of hydrogen-bond acceptors (Lipinski definition) is 1. The highest BCUT2D eigenvalue weighted by molar-refractivity contribution is 5.92. The topological polar surface area (TPSA) is 12.4 Å². The standard InChI is InChI=1S/C12H19N/c1-2-10-9-7-12(5-3-4-6-12)8-11(9)13-10/h9,11H,2-8H2,1H3. The Labute approximate surface area is 80.6 Å². The fourth-order valence-corrected chi connectivity index (χ4v) is 3.86. The van der Waals surface area contributed by atoms with Gasteiger partial charge < -0.3 is 0 Å². The Morgan fingerprint density at radius 2 is 2.08 bits per heavy atom. The molecule has 1 nitrogen and oxygen atoms in total. The van der Waals surface area contributed by atoms with Crippen molar-refractivity contribution in [2.75, 3.05) is 0 Å². The van der Waals surface area contributed by atoms with E-state index >= 15 is 0 Å². The van der Waals surface area contributed by atoms with Gasteiger partial charge in [0.2, 0.25) is 0 Å². The van der Waals surface area contributed by atoms with Crippen molar-refractivity contribution in [2.24, 2.45) is 16.3 Å². The molecule has 13 heavy (non-hydrogen) atoms. The van der Waals surface area contributed by atoms with Gasteiger partial charge in [0, 0.05) is 11.6 Å². The van der Waals surface area contributed by atoms with Crippen LogP contribution in [0, 0.1) is 11.3 Å². The van der Waals surface area contributed by atoms with Crippen LogP contribution in [0.2, 0.25) is 0 Å². The molecule has 2 aliphatic carbocycles. The second-order valence-corrected chi connectivity index (χ2v) is 5.26. The van der Waals surface area contributed by atoms with Crippen molar-refractivity contribution in [1.29, 1.82) is 0 Å². The average molecular weight is 177 g/mol. The maximum Gasteiger partial charge on any atom is 0.0584 e. The zero-order valence-electron chi connectivity index (χ0n) is 8.55. The van der Waals surface area contributed by atoms with Crippen LogP contribution < -0.4 is 0 Å². The summed E-state index contributed by atoms with van der Waals surface area (Å²) in [6, 6.07) is 0.757. The van der Waals surface area contributed by atoms with E-state index in [-0.39, 0.29) is 0 Å². The molecule has 2 fully saturated rings. The van der Waals surface area contributed by atoms with E-state index in [1.54, 1.807) is 0 Å². The smallest absolute Gasteiger partial charge is 0.0584 e. The molecule has 0 aromatic heterocycles. The van der Waals surface area contributed by atoms with Crippen molar-refractivity contribution in [2.45, 2.75) is 57.9 Å². The van der Waals surface area contributed by atoms with Crippen LogP contribution in [0.3, 0.4) is 0 Å². The zero-order chi connectivity index (χ0) is 8.89. The van der Waals surface area contributed by atoms with E-state index in [1.165, 1.54) is 50.7 Å². The molecule has 72 valence electrons. The Morgan fingerprint density at radius 3 is 2.77 bits per heavy atom. The van der Waals surface area contributed by atoms with Gasteiger partial charge in [0.1, 0.15) is 0 Å². The van der Waals surface area contributed by atoms with Crippen molar-refractivity contribution in [3.63, 3.8) is 0 Å². The molecule has 1 aliphatic heterocycles. The molecule has 1 heteroatoms. The Hall–Kier alpha value is -0.330. The van der Waals surface area contributed by atoms with Gasteiger partial charge in [-0.2, -0.15) is 0 Å². The Bertz CT molecular complexity index is 248. The van der Waals surface area contributed by atoms with Crippen molar-refractivity contribution >= 4 is 5.71 Å². The lowest BCUT2D eigenvalue weighted by Gasteiger charge is -2.28. The third kappa shape index (κ3) is 1.02. The van der Waals surface area contributed by atoms with Gasteiger partial charge in [-0.3, -0.25) is 4.99 Å². The maximum atomic E-state index is 4.74. The normalized spacial score (nSPS) is 40.2. The van der Waals surface area contributed by atoms with Gasteiger partial charge in [-0.05, 0) is 37.5 Å². The zero-order valence-corrected chi connectivity index (χ0v) is 8.55. The van der Waals surface area contributed by atoms with Gasteiger partial charge in [-0.25, -0.2) is 0 Å². The molecule has 0 amide bonds. The minimum atomic E-state index is 0.757. The van der Waals surface area contributed by atoms with E-state index < -0.39 is 0 Å². The molecule has 2 atom stereocenters. The fourth-order valence-electron chi connectivity index (χ4n) is 3.86. The van der Waals surface area contributed by atoms with Crippen molar-refractivity contribution < 1.29 is 0 Å². The van der Waals surface area contributed by atoms with E-state index in [1.807, 2.05) is 0 Å². The van der Waals surface area contributed by atoms with Crippen LogP contribution in [0.1, 0.15) is 51.9 Å². The quantitative estimate of drug-likeness (QED) is 0.583. The van der Waals surface area contributed by atoms with E-state index in [0.29, 0.717) is 0 Å². The lowest BCUT2D eigenvalue weighted by molar-refractivity contribution is 0.303. The minimum absolute atomic E-state index is 0.757. The summed E-state index contributed by atoms with van der Waals surface area (Å²) in [5, 5.41) is 0. The largest absolute Gasteiger partial charge is 0.290 e. The first-order valence-electron chi connectivity index (χ1n) is 5.90. The molecule has 0 saturated heterocycles. The van der Waals surface area contributed by atoms with E-state index in [4.69, 9.17) is 4.99 Å². The number of fused-ring (bicyclic) bond motifs is 1. The Balaban J connectivity index is 1.75. The highest BCUT2D eigenvalue weighted by atomic mass is 14.9. The van der Waals surface area contributed by atoms with Crippen molar-refractivity contribution in [1.82, 2.24) is 0 Å². The van der Waals surface area contributed by atoms with Gasteiger partial charge in [0.25, 0.3) is 0 Å². The molecular weight excluding hydrogens is 158 g/mol. The molecule has 3 aliphatic rings. The van der Waals surface area contributed by atoms with Crippen molar-refractivity contribution in [3.8, 4) is 0 Å². The number of hydrogen-bond donors (Lipinski definition) is 0. The third-order valence-corrected chi connectivity index (χ3v) is 4.55. The minimum Gasteiger partial charge on any atom is -0.290 e. The summed E-state index contributed by atoms with van der Waals surface area (Å²) in [5.74, 6) is 0.920. The number of aliphatic imine (C=N–C) groups is 1. The summed E-state index contributed by atoms with van der Waals surface area (Å²) in [4.78, 5) is 4.74. The van der Waals surface area contributed by atoms with E-state index in [0.717, 1.165) is 17.4 Å². The summed E-state index contributed by atoms with van der Waals surface area (Å²) < 4.78 is 0. The first-order chi connectivity index (χ1) is 6.33. The van der Waals surface area contributed by atoms with Gasteiger partial charge in [-0.1, -0.05) is 19.8 Å². The SMILES string of the molecule is CCC1=NC2CC3(CCCC3)CC12. The summed E-state index contributed by atoms with van der Waals surface area (Å²) >= 11 is 0. The van der Waals surface area contributed by atoms with Gasteiger partial charge in [-0.15, -0.1) is 0 Å². The first-order valence-corrected chi connectivity index (χ1v) is 5.90. The van der Waals surface area contributed by atoms with Crippen LogP contribution in [0.4, 0.5) is 0 Å². The number of nitrogens with zero attached hydrogens (tertiary/aromatic N) is 1. The first kappa shape index (κ1) is 8.02. The molecule has 1 heterocycles. The molecule has 0 radical (unpaired) electrons. The Kier molecular flexibility index (Phi) is 1.59. The molecule has 0 N–H and O–H groups in total. The highest BCUT2D eigenvalue weighted by Gasteiger charge is 2.51. The molecule has 1 spiro atoms. The summed E-state index contributed by atoms with van der Waals surface area (Å²) in [5.41, 5.74) is 2.30. The average Bonchev–Trinajstić information content (AvgIpc) is 2.66. The third-order valence-electron chi connectivity index (χ3n) is 4.55. The summed E-state index contributed by atoms with van der Waals surface area (Å²) in [6.07, 6.45) is 10.1. The van der Waals surface area contributed by atoms with Crippen LogP contribution in [0.5, 0.6) is 0 Å². The second-order valence-electron chi connectivity index (χ2n) is 5.26. The van der Waals surface area contributed by atoms with Crippen LogP contribution >= 0.6 is 0 Å². The predicted octanol–water partition coefficient (Wildman–Crippen LogP) is 3.19. The monoisotopic (exact) mass is 177 g/mol. The Morgan fingerprint density at radius 1 is 1.31 bits per heavy atom. The molecule has 0 bridgehead atoms. The second kappa shape index (κ2) is 2.59. The molecule has 2 unspecified atom stereocenters. The van der Waals surface area contributed by atoms with Crippen LogP contribution in [-0.4, -0.2) is 11.8 Å². The predicted molar refractivity (Wildman–Crippen MR) is 55.1 cm³/mol. The number of rotatable bonds is 1. The van der Waals surface area contributed by atoms with Gasteiger partial charge in [0.05, 0.1) is 6.04 Å². The molecule has 2 saturated carbocycles. The molecule has 3 rings (SSSR count). The van der Waals surface area contributed by atoms with Crippen LogP contribution in [-0.2, 0) is 0 Å². The molecular formula is C12H19N. The molecule has 0 aromatic rings. The van der Waals surface area contributed by atoms with Crippen LogP contribution in [0.25, 0.3) is 0 Å². The van der Waals surface area contributed by atoms with E-state index in [2.05, 4.69) is 6.92 Å². The highest BCUT2D eigenvalue weighted by Crippen LogP contribution is 2.56. The fraction of sp³-hybridized carbons (Fsp3) is 0.917. The van der Waals surface area contributed by atoms with Gasteiger partial charge in [0.15, 0.2) is 0 Å². The lowest BCUT2D eigenvalue weighted by Crippen LogP contribution is -2.32.